The van der Waals surface area contributed by atoms with Gasteiger partial charge in [0, 0.05) is 6.54 Å². The van der Waals surface area contributed by atoms with E-state index in [1.807, 2.05) is 12.2 Å². The van der Waals surface area contributed by atoms with Crippen molar-refractivity contribution < 1.29 is 8.42 Å². The van der Waals surface area contributed by atoms with E-state index in [1.165, 1.54) is 0 Å². The molecule has 0 aliphatic carbocycles. The molecule has 1 saturated heterocycles. The van der Waals surface area contributed by atoms with Crippen molar-refractivity contribution in [3.05, 3.63) is 12.2 Å². The fourth-order valence-electron chi connectivity index (χ4n) is 1.69. The second kappa shape index (κ2) is 4.77. The van der Waals surface area contributed by atoms with E-state index in [4.69, 9.17) is 5.73 Å². The van der Waals surface area contributed by atoms with Crippen LogP contribution in [-0.4, -0.2) is 26.5 Å². The summed E-state index contributed by atoms with van der Waals surface area (Å²) in [5.74, 6) is 1.06. The Morgan fingerprint density at radius 1 is 1.38 bits per heavy atom. The number of rotatable bonds is 3. The summed E-state index contributed by atoms with van der Waals surface area (Å²) in [5, 5.41) is 0. The number of allylic oxidation sites excluding steroid dienone is 1. The predicted octanol–water partition coefficient (Wildman–Crippen LogP) is 0.716. The van der Waals surface area contributed by atoms with Gasteiger partial charge in [-0.2, -0.15) is 0 Å². The molecule has 0 radical (unpaired) electrons. The lowest BCUT2D eigenvalue weighted by Crippen LogP contribution is -2.24. The summed E-state index contributed by atoms with van der Waals surface area (Å²) < 4.78 is 22.5. The van der Waals surface area contributed by atoms with E-state index in [9.17, 15) is 8.42 Å². The van der Waals surface area contributed by atoms with Crippen LogP contribution in [0.15, 0.2) is 12.2 Å². The molecule has 0 saturated carbocycles. The third-order valence-corrected chi connectivity index (χ3v) is 4.22. The van der Waals surface area contributed by atoms with Crippen molar-refractivity contribution in [3.8, 4) is 0 Å². The zero-order chi connectivity index (χ0) is 9.73. The highest BCUT2D eigenvalue weighted by atomic mass is 32.2. The first-order valence-electron chi connectivity index (χ1n) is 4.69. The Bertz CT molecular complexity index is 269. The van der Waals surface area contributed by atoms with Gasteiger partial charge in [0.15, 0.2) is 9.84 Å². The van der Waals surface area contributed by atoms with Crippen molar-refractivity contribution in [3.63, 3.8) is 0 Å². The van der Waals surface area contributed by atoms with Crippen LogP contribution in [0.4, 0.5) is 0 Å². The standard InChI is InChI=1S/C9H17NO2S/c10-6-2-1-4-9-5-3-7-13(11,12)8-9/h1-2,9H,3-8,10H2/b2-1-. The second-order valence-electron chi connectivity index (χ2n) is 3.57. The van der Waals surface area contributed by atoms with Crippen molar-refractivity contribution in [1.29, 1.82) is 0 Å². The number of sulfone groups is 1. The van der Waals surface area contributed by atoms with E-state index < -0.39 is 9.84 Å². The zero-order valence-electron chi connectivity index (χ0n) is 7.78. The molecule has 0 aromatic carbocycles. The molecule has 0 aromatic rings. The molecule has 0 bridgehead atoms. The van der Waals surface area contributed by atoms with E-state index in [2.05, 4.69) is 0 Å². The lowest BCUT2D eigenvalue weighted by atomic mass is 10.0. The first-order chi connectivity index (χ1) is 6.14. The number of hydrogen-bond donors (Lipinski definition) is 1. The third-order valence-electron chi connectivity index (χ3n) is 2.33. The monoisotopic (exact) mass is 203 g/mol. The van der Waals surface area contributed by atoms with Crippen molar-refractivity contribution in [2.75, 3.05) is 18.1 Å². The van der Waals surface area contributed by atoms with Crippen molar-refractivity contribution in [2.24, 2.45) is 11.7 Å². The topological polar surface area (TPSA) is 60.2 Å². The molecule has 3 nitrogen and oxygen atoms in total. The smallest absolute Gasteiger partial charge is 0.150 e. The summed E-state index contributed by atoms with van der Waals surface area (Å²) in [4.78, 5) is 0. The van der Waals surface area contributed by atoms with Gasteiger partial charge in [-0.15, -0.1) is 0 Å². The summed E-state index contributed by atoms with van der Waals surface area (Å²) in [6, 6.07) is 0. The molecule has 1 rings (SSSR count). The summed E-state index contributed by atoms with van der Waals surface area (Å²) in [5.41, 5.74) is 5.29. The molecule has 1 aliphatic heterocycles. The van der Waals surface area contributed by atoms with Gasteiger partial charge in [0.1, 0.15) is 0 Å². The van der Waals surface area contributed by atoms with Crippen LogP contribution in [0.2, 0.25) is 0 Å². The maximum atomic E-state index is 11.2. The van der Waals surface area contributed by atoms with Crippen LogP contribution in [0.3, 0.4) is 0 Å². The second-order valence-corrected chi connectivity index (χ2v) is 5.79. The molecular weight excluding hydrogens is 186 g/mol. The van der Waals surface area contributed by atoms with Crippen molar-refractivity contribution in [1.82, 2.24) is 0 Å². The third kappa shape index (κ3) is 3.91. The Morgan fingerprint density at radius 2 is 2.15 bits per heavy atom. The Morgan fingerprint density at radius 3 is 2.77 bits per heavy atom. The van der Waals surface area contributed by atoms with E-state index in [-0.39, 0.29) is 0 Å². The summed E-state index contributed by atoms with van der Waals surface area (Å²) in [6.07, 6.45) is 6.60. The fourth-order valence-corrected chi connectivity index (χ4v) is 3.48. The summed E-state index contributed by atoms with van der Waals surface area (Å²) in [7, 11) is -2.73. The lowest BCUT2D eigenvalue weighted by molar-refractivity contribution is 0.489. The van der Waals surface area contributed by atoms with E-state index in [1.54, 1.807) is 0 Å². The maximum absolute atomic E-state index is 11.2. The quantitative estimate of drug-likeness (QED) is 0.687. The largest absolute Gasteiger partial charge is 0.327 e. The van der Waals surface area contributed by atoms with Gasteiger partial charge in [0.25, 0.3) is 0 Å². The summed E-state index contributed by atoms with van der Waals surface area (Å²) in [6.45, 7) is 0.541. The molecule has 13 heavy (non-hydrogen) atoms. The van der Waals surface area contributed by atoms with Gasteiger partial charge in [-0.25, -0.2) is 8.42 Å². The average molecular weight is 203 g/mol. The first-order valence-corrected chi connectivity index (χ1v) is 6.51. The Kier molecular flexibility index (Phi) is 3.93. The molecule has 1 aliphatic rings. The van der Waals surface area contributed by atoms with Crippen molar-refractivity contribution >= 4 is 9.84 Å². The molecule has 2 N–H and O–H groups in total. The van der Waals surface area contributed by atoms with Gasteiger partial charge >= 0.3 is 0 Å². The molecule has 0 aromatic heterocycles. The van der Waals surface area contributed by atoms with Gasteiger partial charge in [-0.1, -0.05) is 12.2 Å². The predicted molar refractivity (Wildman–Crippen MR) is 54.2 cm³/mol. The molecule has 1 unspecified atom stereocenters. The van der Waals surface area contributed by atoms with E-state index in [0.29, 0.717) is 24.0 Å². The highest BCUT2D eigenvalue weighted by Crippen LogP contribution is 2.21. The van der Waals surface area contributed by atoms with Gasteiger partial charge in [-0.05, 0) is 25.2 Å². The van der Waals surface area contributed by atoms with Crippen molar-refractivity contribution in [2.45, 2.75) is 19.3 Å². The minimum Gasteiger partial charge on any atom is -0.327 e. The molecular formula is C9H17NO2S. The molecule has 4 heteroatoms. The fraction of sp³-hybridized carbons (Fsp3) is 0.778. The molecule has 1 atom stereocenters. The Labute approximate surface area is 79.9 Å². The van der Waals surface area contributed by atoms with Crippen LogP contribution < -0.4 is 5.73 Å². The zero-order valence-corrected chi connectivity index (χ0v) is 8.59. The van der Waals surface area contributed by atoms with Crippen LogP contribution in [0.25, 0.3) is 0 Å². The maximum Gasteiger partial charge on any atom is 0.150 e. The molecule has 0 spiro atoms. The van der Waals surface area contributed by atoms with Crippen LogP contribution >= 0.6 is 0 Å². The van der Waals surface area contributed by atoms with Gasteiger partial charge in [-0.3, -0.25) is 0 Å². The minimum absolute atomic E-state index is 0.321. The molecule has 76 valence electrons. The Hall–Kier alpha value is -0.350. The van der Waals surface area contributed by atoms with Gasteiger partial charge in [0.2, 0.25) is 0 Å². The average Bonchev–Trinajstić information content (AvgIpc) is 2.03. The molecule has 1 heterocycles. The van der Waals surface area contributed by atoms with E-state index in [0.717, 1.165) is 19.3 Å². The normalized spacial score (nSPS) is 27.9. The van der Waals surface area contributed by atoms with E-state index >= 15 is 0 Å². The van der Waals surface area contributed by atoms with Crippen LogP contribution in [0, 0.1) is 5.92 Å². The number of nitrogens with two attached hydrogens (primary N) is 1. The summed E-state index contributed by atoms with van der Waals surface area (Å²) >= 11 is 0. The molecule has 1 fully saturated rings. The SMILES string of the molecule is NC/C=C\CC1CCCS(=O)(=O)C1. The van der Waals surface area contributed by atoms with Crippen LogP contribution in [0.1, 0.15) is 19.3 Å². The van der Waals surface area contributed by atoms with Crippen LogP contribution in [0.5, 0.6) is 0 Å². The first kappa shape index (κ1) is 10.7. The molecule has 0 amide bonds. The van der Waals surface area contributed by atoms with Gasteiger partial charge < -0.3 is 5.73 Å². The lowest BCUT2D eigenvalue weighted by Gasteiger charge is -2.20. The van der Waals surface area contributed by atoms with Gasteiger partial charge in [0.05, 0.1) is 11.5 Å². The number of hydrogen-bond acceptors (Lipinski definition) is 3. The Balaban J connectivity index is 2.39. The van der Waals surface area contributed by atoms with Crippen LogP contribution in [-0.2, 0) is 9.84 Å². The highest BCUT2D eigenvalue weighted by Gasteiger charge is 2.23. The minimum atomic E-state index is -2.73. The highest BCUT2D eigenvalue weighted by molar-refractivity contribution is 7.91.